The van der Waals surface area contributed by atoms with Gasteiger partial charge >= 0.3 is 0 Å². The maximum absolute atomic E-state index is 4.16. The fraction of sp³-hybridized carbons (Fsp3) is 0.800. The quantitative estimate of drug-likeness (QED) is 0.472. The molecule has 0 rings (SSSR count). The molecular weight excluding hydrogens is 165 g/mol. The van der Waals surface area contributed by atoms with Gasteiger partial charge in [-0.25, -0.2) is 0 Å². The van der Waals surface area contributed by atoms with Crippen molar-refractivity contribution in [3.8, 4) is 0 Å². The average Bonchev–Trinajstić information content (AvgIpc) is 2.05. The summed E-state index contributed by atoms with van der Waals surface area (Å²) in [4.78, 5) is 2.38. The maximum atomic E-state index is 4.16. The molecule has 0 aliphatic carbocycles. The maximum Gasteiger partial charge on any atom is 0.0472 e. The first-order chi connectivity index (χ1) is 5.54. The van der Waals surface area contributed by atoms with Crippen LogP contribution in [0.1, 0.15) is 20.8 Å². The van der Waals surface area contributed by atoms with Gasteiger partial charge in [0.1, 0.15) is 0 Å². The molecule has 12 heavy (non-hydrogen) atoms. The summed E-state index contributed by atoms with van der Waals surface area (Å²) in [5.74, 6) is 1.20. The second-order valence-electron chi connectivity index (χ2n) is 3.49. The van der Waals surface area contributed by atoms with Gasteiger partial charge < -0.3 is 0 Å². The lowest BCUT2D eigenvalue weighted by atomic mass is 10.1. The molecule has 0 fully saturated rings. The average molecular weight is 187 g/mol. The summed E-state index contributed by atoms with van der Waals surface area (Å²) in [6.45, 7) is 14.2. The van der Waals surface area contributed by atoms with Crippen molar-refractivity contribution in [2.24, 2.45) is 5.92 Å². The van der Waals surface area contributed by atoms with Crippen LogP contribution >= 0.6 is 8.58 Å². The molecule has 0 saturated carbocycles. The van der Waals surface area contributed by atoms with Crippen molar-refractivity contribution in [2.75, 3.05) is 20.3 Å². The third kappa shape index (κ3) is 3.25. The van der Waals surface area contributed by atoms with Crippen LogP contribution in [0, 0.1) is 5.92 Å². The Bertz CT molecular complexity index is 143. The van der Waals surface area contributed by atoms with E-state index in [4.69, 9.17) is 0 Å². The Morgan fingerprint density at radius 2 is 2.00 bits per heavy atom. The van der Waals surface area contributed by atoms with Crippen molar-refractivity contribution in [1.29, 1.82) is 0 Å². The van der Waals surface area contributed by atoms with E-state index in [0.29, 0.717) is 11.7 Å². The zero-order chi connectivity index (χ0) is 9.72. The summed E-state index contributed by atoms with van der Waals surface area (Å²) in [5.41, 5.74) is 1.38. The first-order valence-electron chi connectivity index (χ1n) is 4.60. The van der Waals surface area contributed by atoms with Gasteiger partial charge in [0.2, 0.25) is 0 Å². The molecule has 0 aliphatic heterocycles. The van der Waals surface area contributed by atoms with Crippen LogP contribution in [0.25, 0.3) is 0 Å². The van der Waals surface area contributed by atoms with E-state index in [1.165, 1.54) is 5.57 Å². The SMILES string of the molecule is C=C(C(C)C)C(PC)N(C)CC. The van der Waals surface area contributed by atoms with Gasteiger partial charge in [-0.2, -0.15) is 0 Å². The van der Waals surface area contributed by atoms with Crippen LogP contribution in [0.4, 0.5) is 0 Å². The standard InChI is InChI=1S/C10H22NP/c1-7-11(5)10(12-6)9(4)8(2)3/h8,10,12H,4,7H2,1-3,5-6H3. The Balaban J connectivity index is 4.24. The van der Waals surface area contributed by atoms with Crippen LogP contribution in [0.3, 0.4) is 0 Å². The van der Waals surface area contributed by atoms with Crippen LogP contribution in [-0.4, -0.2) is 30.9 Å². The molecule has 0 spiro atoms. The van der Waals surface area contributed by atoms with Gasteiger partial charge in [-0.05, 0) is 26.2 Å². The van der Waals surface area contributed by atoms with Crippen LogP contribution in [-0.2, 0) is 0 Å². The van der Waals surface area contributed by atoms with Gasteiger partial charge in [0.25, 0.3) is 0 Å². The fourth-order valence-corrected chi connectivity index (χ4v) is 2.51. The molecule has 2 heteroatoms. The smallest absolute Gasteiger partial charge is 0.0472 e. The molecule has 0 aromatic heterocycles. The van der Waals surface area contributed by atoms with E-state index in [1.807, 2.05) is 0 Å². The van der Waals surface area contributed by atoms with Gasteiger partial charge in [-0.15, -0.1) is 8.58 Å². The summed E-state index contributed by atoms with van der Waals surface area (Å²) in [6, 6.07) is 0. The molecule has 0 aromatic rings. The summed E-state index contributed by atoms with van der Waals surface area (Å²) in [7, 11) is 3.11. The molecule has 0 amide bonds. The molecule has 72 valence electrons. The highest BCUT2D eigenvalue weighted by Crippen LogP contribution is 2.28. The molecule has 0 bridgehead atoms. The molecule has 0 aliphatic rings. The van der Waals surface area contributed by atoms with Crippen LogP contribution in [0.2, 0.25) is 0 Å². The molecule has 2 atom stereocenters. The van der Waals surface area contributed by atoms with Crippen molar-refractivity contribution in [3.63, 3.8) is 0 Å². The number of hydrogen-bond acceptors (Lipinski definition) is 1. The minimum Gasteiger partial charge on any atom is -0.296 e. The van der Waals surface area contributed by atoms with E-state index < -0.39 is 0 Å². The van der Waals surface area contributed by atoms with Gasteiger partial charge in [0, 0.05) is 5.78 Å². The summed E-state index contributed by atoms with van der Waals surface area (Å²) in [6.07, 6.45) is 0. The largest absolute Gasteiger partial charge is 0.296 e. The van der Waals surface area contributed by atoms with E-state index in [-0.39, 0.29) is 0 Å². The third-order valence-corrected chi connectivity index (χ3v) is 3.66. The van der Waals surface area contributed by atoms with Crippen molar-refractivity contribution in [3.05, 3.63) is 12.2 Å². The minimum absolute atomic E-state index is 0.593. The zero-order valence-corrected chi connectivity index (χ0v) is 10.0. The Labute approximate surface area is 79.0 Å². The van der Waals surface area contributed by atoms with E-state index >= 15 is 0 Å². The van der Waals surface area contributed by atoms with Crippen molar-refractivity contribution >= 4 is 8.58 Å². The second-order valence-corrected chi connectivity index (χ2v) is 4.62. The van der Waals surface area contributed by atoms with Gasteiger partial charge in [-0.1, -0.05) is 32.9 Å². The van der Waals surface area contributed by atoms with Crippen LogP contribution < -0.4 is 0 Å². The Hall–Kier alpha value is 0.130. The highest BCUT2D eigenvalue weighted by Gasteiger charge is 2.16. The Morgan fingerprint density at radius 3 is 2.25 bits per heavy atom. The number of hydrogen-bond donors (Lipinski definition) is 0. The molecule has 0 radical (unpaired) electrons. The highest BCUT2D eigenvalue weighted by atomic mass is 31.1. The van der Waals surface area contributed by atoms with E-state index in [9.17, 15) is 0 Å². The molecule has 0 heterocycles. The van der Waals surface area contributed by atoms with Crippen LogP contribution in [0.15, 0.2) is 12.2 Å². The Morgan fingerprint density at radius 1 is 1.50 bits per heavy atom. The summed E-state index contributed by atoms with van der Waals surface area (Å²) in [5, 5.41) is 0. The number of likely N-dealkylation sites (N-methyl/N-ethyl adjacent to an activating group) is 1. The van der Waals surface area contributed by atoms with Gasteiger partial charge in [0.15, 0.2) is 0 Å². The second kappa shape index (κ2) is 5.72. The Kier molecular flexibility index (Phi) is 5.78. The number of rotatable bonds is 5. The lowest BCUT2D eigenvalue weighted by molar-refractivity contribution is 0.344. The van der Waals surface area contributed by atoms with Crippen molar-refractivity contribution < 1.29 is 0 Å². The first-order valence-corrected chi connectivity index (χ1v) is 6.18. The van der Waals surface area contributed by atoms with E-state index in [0.717, 1.165) is 15.1 Å². The van der Waals surface area contributed by atoms with Gasteiger partial charge in [-0.3, -0.25) is 4.90 Å². The molecular formula is C10H22NP. The van der Waals surface area contributed by atoms with E-state index in [1.54, 1.807) is 0 Å². The fourth-order valence-electron chi connectivity index (χ4n) is 1.19. The third-order valence-electron chi connectivity index (χ3n) is 2.31. The highest BCUT2D eigenvalue weighted by molar-refractivity contribution is 7.38. The lowest BCUT2D eigenvalue weighted by Gasteiger charge is -2.29. The van der Waals surface area contributed by atoms with Crippen molar-refractivity contribution in [1.82, 2.24) is 4.90 Å². The number of nitrogens with zero attached hydrogens (tertiary/aromatic N) is 1. The van der Waals surface area contributed by atoms with Gasteiger partial charge in [0.05, 0.1) is 0 Å². The van der Waals surface area contributed by atoms with Crippen LogP contribution in [0.5, 0.6) is 0 Å². The minimum atomic E-state index is 0.593. The summed E-state index contributed by atoms with van der Waals surface area (Å²) >= 11 is 0. The zero-order valence-electron chi connectivity index (χ0n) is 9.02. The monoisotopic (exact) mass is 187 g/mol. The predicted octanol–water partition coefficient (Wildman–Crippen LogP) is 2.78. The predicted molar refractivity (Wildman–Crippen MR) is 60.3 cm³/mol. The van der Waals surface area contributed by atoms with E-state index in [2.05, 4.69) is 46.0 Å². The molecule has 0 N–H and O–H groups in total. The normalized spacial score (nSPS) is 14.9. The first kappa shape index (κ1) is 12.1. The molecule has 0 saturated heterocycles. The molecule has 2 unspecified atom stereocenters. The summed E-state index contributed by atoms with van der Waals surface area (Å²) < 4.78 is 0. The molecule has 1 nitrogen and oxygen atoms in total. The lowest BCUT2D eigenvalue weighted by Crippen LogP contribution is -2.30. The topological polar surface area (TPSA) is 3.24 Å². The molecule has 0 aromatic carbocycles. The van der Waals surface area contributed by atoms with Crippen molar-refractivity contribution in [2.45, 2.75) is 26.6 Å².